The average molecular weight is 220 g/mol. The van der Waals surface area contributed by atoms with Crippen molar-refractivity contribution in [1.29, 1.82) is 0 Å². The second-order valence-corrected chi connectivity index (χ2v) is 3.69. The summed E-state index contributed by atoms with van der Waals surface area (Å²) in [5.41, 5.74) is 1.07. The Morgan fingerprint density at radius 1 is 1.56 bits per heavy atom. The average Bonchev–Trinajstić information content (AvgIpc) is 2.71. The van der Waals surface area contributed by atoms with E-state index in [0.29, 0.717) is 11.0 Å². The zero-order chi connectivity index (χ0) is 11.7. The van der Waals surface area contributed by atoms with E-state index in [4.69, 9.17) is 0 Å². The Labute approximate surface area is 92.0 Å². The van der Waals surface area contributed by atoms with E-state index in [-0.39, 0.29) is 11.7 Å². The summed E-state index contributed by atoms with van der Waals surface area (Å²) < 4.78 is 1.72. The Hall–Kier alpha value is -1.98. The summed E-state index contributed by atoms with van der Waals surface area (Å²) in [6.07, 6.45) is 0.904. The number of fused-ring (bicyclic) bond motifs is 1. The third-order valence-corrected chi connectivity index (χ3v) is 2.69. The molecule has 0 spiro atoms. The maximum atomic E-state index is 10.8. The van der Waals surface area contributed by atoms with Crippen LogP contribution in [-0.2, 0) is 0 Å². The van der Waals surface area contributed by atoms with Gasteiger partial charge in [0.2, 0.25) is 0 Å². The molecule has 0 aliphatic rings. The zero-order valence-electron chi connectivity index (χ0n) is 9.12. The fourth-order valence-corrected chi connectivity index (χ4v) is 1.59. The van der Waals surface area contributed by atoms with Crippen molar-refractivity contribution in [3.05, 3.63) is 28.3 Å². The summed E-state index contributed by atoms with van der Waals surface area (Å²) in [5, 5.41) is 18.6. The molecule has 1 heterocycles. The molecule has 1 aromatic heterocycles. The zero-order valence-corrected chi connectivity index (χ0v) is 9.12. The highest BCUT2D eigenvalue weighted by molar-refractivity contribution is 5.83. The van der Waals surface area contributed by atoms with Crippen molar-refractivity contribution in [2.45, 2.75) is 26.3 Å². The van der Waals surface area contributed by atoms with Crippen LogP contribution in [0.5, 0.6) is 0 Å². The van der Waals surface area contributed by atoms with Crippen LogP contribution < -0.4 is 0 Å². The van der Waals surface area contributed by atoms with Gasteiger partial charge in [0.25, 0.3) is 5.69 Å². The van der Waals surface area contributed by atoms with Gasteiger partial charge in [-0.25, -0.2) is 4.68 Å². The second-order valence-electron chi connectivity index (χ2n) is 3.69. The van der Waals surface area contributed by atoms with Gasteiger partial charge in [-0.1, -0.05) is 18.2 Å². The number of nitrogens with zero attached hydrogens (tertiary/aromatic N) is 4. The Morgan fingerprint density at radius 2 is 2.31 bits per heavy atom. The minimum atomic E-state index is -0.433. The maximum absolute atomic E-state index is 10.8. The molecule has 1 unspecified atom stereocenters. The molecule has 2 aromatic rings. The van der Waals surface area contributed by atoms with Crippen molar-refractivity contribution >= 4 is 16.7 Å². The fraction of sp³-hybridized carbons (Fsp3) is 0.400. The Balaban J connectivity index is 2.66. The van der Waals surface area contributed by atoms with Gasteiger partial charge in [-0.3, -0.25) is 10.1 Å². The van der Waals surface area contributed by atoms with Gasteiger partial charge in [0.05, 0.1) is 16.5 Å². The number of nitro benzene ring substituents is 1. The molecule has 0 aliphatic heterocycles. The summed E-state index contributed by atoms with van der Waals surface area (Å²) in [6, 6.07) is 5.09. The van der Waals surface area contributed by atoms with E-state index >= 15 is 0 Å². The third-order valence-electron chi connectivity index (χ3n) is 2.69. The van der Waals surface area contributed by atoms with Crippen molar-refractivity contribution in [3.63, 3.8) is 0 Å². The van der Waals surface area contributed by atoms with Crippen LogP contribution in [0.4, 0.5) is 5.69 Å². The lowest BCUT2D eigenvalue weighted by atomic mass is 10.2. The number of aromatic nitrogens is 3. The molecule has 0 radical (unpaired) electrons. The Kier molecular flexibility index (Phi) is 2.55. The highest BCUT2D eigenvalue weighted by Crippen LogP contribution is 2.25. The molecule has 0 saturated heterocycles. The lowest BCUT2D eigenvalue weighted by molar-refractivity contribution is -0.383. The number of benzene rings is 1. The van der Waals surface area contributed by atoms with Gasteiger partial charge in [-0.2, -0.15) is 0 Å². The predicted molar refractivity (Wildman–Crippen MR) is 59.2 cm³/mol. The quantitative estimate of drug-likeness (QED) is 0.587. The SMILES string of the molecule is CCC(C)n1nnc2c([N+](=O)[O-])cccc21. The first-order valence-electron chi connectivity index (χ1n) is 5.13. The molecular weight excluding hydrogens is 208 g/mol. The van der Waals surface area contributed by atoms with Crippen LogP contribution in [0.3, 0.4) is 0 Å². The van der Waals surface area contributed by atoms with Gasteiger partial charge in [0, 0.05) is 6.07 Å². The van der Waals surface area contributed by atoms with Crippen molar-refractivity contribution in [1.82, 2.24) is 15.0 Å². The van der Waals surface area contributed by atoms with Crippen LogP contribution in [0.15, 0.2) is 18.2 Å². The molecule has 2 rings (SSSR count). The van der Waals surface area contributed by atoms with Crippen molar-refractivity contribution < 1.29 is 4.92 Å². The summed E-state index contributed by atoms with van der Waals surface area (Å²) in [4.78, 5) is 10.4. The summed E-state index contributed by atoms with van der Waals surface area (Å²) >= 11 is 0. The van der Waals surface area contributed by atoms with Crippen LogP contribution in [0.1, 0.15) is 26.3 Å². The molecule has 1 atom stereocenters. The van der Waals surface area contributed by atoms with Gasteiger partial charge in [-0.15, -0.1) is 5.10 Å². The molecule has 0 N–H and O–H groups in total. The van der Waals surface area contributed by atoms with Gasteiger partial charge in [0.15, 0.2) is 5.52 Å². The molecular formula is C10H12N4O2. The summed E-state index contributed by atoms with van der Waals surface area (Å²) in [6.45, 7) is 4.04. The van der Waals surface area contributed by atoms with E-state index in [9.17, 15) is 10.1 Å². The van der Waals surface area contributed by atoms with E-state index in [1.165, 1.54) is 6.07 Å². The highest BCUT2D eigenvalue weighted by atomic mass is 16.6. The minimum Gasteiger partial charge on any atom is -0.258 e. The van der Waals surface area contributed by atoms with E-state index in [0.717, 1.165) is 6.42 Å². The van der Waals surface area contributed by atoms with E-state index in [1.807, 2.05) is 13.8 Å². The number of rotatable bonds is 3. The highest BCUT2D eigenvalue weighted by Gasteiger charge is 2.18. The van der Waals surface area contributed by atoms with Crippen LogP contribution in [-0.4, -0.2) is 19.9 Å². The lowest BCUT2D eigenvalue weighted by Gasteiger charge is -2.08. The minimum absolute atomic E-state index is 0.00653. The van der Waals surface area contributed by atoms with Gasteiger partial charge in [0.1, 0.15) is 0 Å². The first-order valence-corrected chi connectivity index (χ1v) is 5.13. The Morgan fingerprint density at radius 3 is 2.94 bits per heavy atom. The molecule has 0 bridgehead atoms. The molecule has 0 saturated carbocycles. The first-order chi connectivity index (χ1) is 7.65. The lowest BCUT2D eigenvalue weighted by Crippen LogP contribution is -2.05. The molecule has 0 aliphatic carbocycles. The van der Waals surface area contributed by atoms with Crippen molar-refractivity contribution in [2.75, 3.05) is 0 Å². The number of non-ortho nitro benzene ring substituents is 1. The van der Waals surface area contributed by atoms with E-state index in [1.54, 1.807) is 16.8 Å². The predicted octanol–water partition coefficient (Wildman–Crippen LogP) is 2.31. The van der Waals surface area contributed by atoms with Crippen molar-refractivity contribution in [2.24, 2.45) is 0 Å². The number of hydrogen-bond acceptors (Lipinski definition) is 4. The van der Waals surface area contributed by atoms with Crippen molar-refractivity contribution in [3.8, 4) is 0 Å². The molecule has 84 valence electrons. The van der Waals surface area contributed by atoms with Crippen LogP contribution >= 0.6 is 0 Å². The van der Waals surface area contributed by atoms with Crippen LogP contribution in [0, 0.1) is 10.1 Å². The fourth-order valence-electron chi connectivity index (χ4n) is 1.59. The standard InChI is InChI=1S/C10H12N4O2/c1-3-7(2)13-8-5-4-6-9(14(15)16)10(8)11-12-13/h4-7H,3H2,1-2H3. The molecule has 1 aromatic carbocycles. The van der Waals surface area contributed by atoms with Crippen LogP contribution in [0.2, 0.25) is 0 Å². The van der Waals surface area contributed by atoms with Gasteiger partial charge in [-0.05, 0) is 19.4 Å². The third kappa shape index (κ3) is 1.52. The molecule has 6 nitrogen and oxygen atoms in total. The first kappa shape index (κ1) is 10.5. The molecule has 6 heteroatoms. The van der Waals surface area contributed by atoms with E-state index in [2.05, 4.69) is 10.3 Å². The number of nitro groups is 1. The largest absolute Gasteiger partial charge is 0.299 e. The van der Waals surface area contributed by atoms with Gasteiger partial charge >= 0.3 is 0 Å². The number of hydrogen-bond donors (Lipinski definition) is 0. The smallest absolute Gasteiger partial charge is 0.258 e. The monoisotopic (exact) mass is 220 g/mol. The normalized spacial score (nSPS) is 12.9. The van der Waals surface area contributed by atoms with E-state index < -0.39 is 4.92 Å². The maximum Gasteiger partial charge on any atom is 0.299 e. The topological polar surface area (TPSA) is 73.8 Å². The molecule has 0 fully saturated rings. The van der Waals surface area contributed by atoms with Crippen LogP contribution in [0.25, 0.3) is 11.0 Å². The summed E-state index contributed by atoms with van der Waals surface area (Å²) in [7, 11) is 0. The second kappa shape index (κ2) is 3.88. The summed E-state index contributed by atoms with van der Waals surface area (Å²) in [5.74, 6) is 0. The molecule has 16 heavy (non-hydrogen) atoms. The van der Waals surface area contributed by atoms with Gasteiger partial charge < -0.3 is 0 Å². The molecule has 0 amide bonds. The Bertz CT molecular complexity index is 535.